The van der Waals surface area contributed by atoms with Crippen LogP contribution in [0.5, 0.6) is 0 Å². The van der Waals surface area contributed by atoms with Gasteiger partial charge in [-0.25, -0.2) is 0 Å². The first-order valence-electron chi connectivity index (χ1n) is 7.53. The molecule has 0 bridgehead atoms. The van der Waals surface area contributed by atoms with Crippen molar-refractivity contribution in [1.29, 1.82) is 0 Å². The summed E-state index contributed by atoms with van der Waals surface area (Å²) in [6.07, 6.45) is 5.35. The van der Waals surface area contributed by atoms with E-state index in [0.717, 1.165) is 23.6 Å². The second-order valence-electron chi connectivity index (χ2n) is 6.14. The monoisotopic (exact) mass is 302 g/mol. The number of rotatable bonds is 7. The van der Waals surface area contributed by atoms with Crippen molar-refractivity contribution in [2.24, 2.45) is 5.92 Å². The van der Waals surface area contributed by atoms with Gasteiger partial charge in [-0.3, -0.25) is 4.98 Å². The number of aliphatic hydroxyl groups is 1. The van der Waals surface area contributed by atoms with E-state index in [-0.39, 0.29) is 0 Å². The minimum Gasteiger partial charge on any atom is -0.384 e. The van der Waals surface area contributed by atoms with Crippen molar-refractivity contribution in [2.45, 2.75) is 37.8 Å². The van der Waals surface area contributed by atoms with Gasteiger partial charge in [0.2, 0.25) is 0 Å². The normalized spacial score (nSPS) is 19.1. The molecule has 1 saturated carbocycles. The van der Waals surface area contributed by atoms with Crippen LogP contribution in [-0.2, 0) is 12.0 Å². The highest BCUT2D eigenvalue weighted by Crippen LogP contribution is 2.34. The van der Waals surface area contributed by atoms with Crippen molar-refractivity contribution in [3.63, 3.8) is 0 Å². The summed E-state index contributed by atoms with van der Waals surface area (Å²) < 4.78 is 0. The molecule has 4 heteroatoms. The molecule has 21 heavy (non-hydrogen) atoms. The minimum atomic E-state index is -0.808. The maximum atomic E-state index is 10.6. The van der Waals surface area contributed by atoms with Crippen LogP contribution < -0.4 is 5.32 Å². The van der Waals surface area contributed by atoms with Gasteiger partial charge in [-0.05, 0) is 60.2 Å². The fourth-order valence-electron chi connectivity index (χ4n) is 2.65. The summed E-state index contributed by atoms with van der Waals surface area (Å²) in [7, 11) is 0. The second-order valence-corrected chi connectivity index (χ2v) is 6.92. The minimum absolute atomic E-state index is 0.407. The molecule has 2 heterocycles. The van der Waals surface area contributed by atoms with Gasteiger partial charge in [-0.1, -0.05) is 6.07 Å². The third-order valence-corrected chi connectivity index (χ3v) is 4.88. The lowest BCUT2D eigenvalue weighted by Crippen LogP contribution is -2.42. The molecule has 1 aliphatic rings. The fourth-order valence-corrected chi connectivity index (χ4v) is 3.43. The molecule has 3 rings (SSSR count). The highest BCUT2D eigenvalue weighted by atomic mass is 32.1. The Balaban J connectivity index is 1.61. The number of thiophene rings is 1. The number of hydrogen-bond donors (Lipinski definition) is 2. The average Bonchev–Trinajstić information content (AvgIpc) is 3.17. The summed E-state index contributed by atoms with van der Waals surface area (Å²) in [6, 6.07) is 8.47. The quantitative estimate of drug-likeness (QED) is 0.826. The van der Waals surface area contributed by atoms with Crippen molar-refractivity contribution in [1.82, 2.24) is 10.3 Å². The van der Waals surface area contributed by atoms with Gasteiger partial charge in [0.1, 0.15) is 0 Å². The standard InChI is InChI=1S/C17H22N2OS/c1-17(20,14-7-9-21-11-14)12-19-16(13-5-6-13)10-15-4-2-3-8-18-15/h2-4,7-9,11,13,16,19-20H,5-6,10,12H2,1H3. The Bertz CT molecular complexity index is 549. The van der Waals surface area contributed by atoms with Gasteiger partial charge < -0.3 is 10.4 Å². The zero-order valence-corrected chi connectivity index (χ0v) is 13.1. The van der Waals surface area contributed by atoms with Gasteiger partial charge in [0, 0.05) is 30.9 Å². The summed E-state index contributed by atoms with van der Waals surface area (Å²) in [4.78, 5) is 4.42. The topological polar surface area (TPSA) is 45.1 Å². The first kappa shape index (κ1) is 14.7. The van der Waals surface area contributed by atoms with Gasteiger partial charge >= 0.3 is 0 Å². The van der Waals surface area contributed by atoms with Crippen molar-refractivity contribution in [2.75, 3.05) is 6.54 Å². The van der Waals surface area contributed by atoms with Crippen molar-refractivity contribution < 1.29 is 5.11 Å². The molecule has 112 valence electrons. The van der Waals surface area contributed by atoms with E-state index in [0.29, 0.717) is 12.6 Å². The number of nitrogens with one attached hydrogen (secondary N) is 1. The Hall–Kier alpha value is -1.23. The molecule has 2 aromatic heterocycles. The van der Waals surface area contributed by atoms with Gasteiger partial charge in [0.25, 0.3) is 0 Å². The van der Waals surface area contributed by atoms with E-state index in [2.05, 4.69) is 16.4 Å². The Kier molecular flexibility index (Phi) is 4.38. The summed E-state index contributed by atoms with van der Waals surface area (Å²) in [6.45, 7) is 2.46. The second kappa shape index (κ2) is 6.26. The molecule has 2 atom stereocenters. The summed E-state index contributed by atoms with van der Waals surface area (Å²) in [5.41, 5.74) is 1.31. The Morgan fingerprint density at radius 1 is 1.43 bits per heavy atom. The zero-order chi connectivity index (χ0) is 14.7. The molecule has 0 radical (unpaired) electrons. The van der Waals surface area contributed by atoms with Gasteiger partial charge in [0.15, 0.2) is 0 Å². The van der Waals surface area contributed by atoms with Gasteiger partial charge in [-0.15, -0.1) is 0 Å². The van der Waals surface area contributed by atoms with Crippen molar-refractivity contribution in [3.8, 4) is 0 Å². The molecule has 0 amide bonds. The fraction of sp³-hybridized carbons (Fsp3) is 0.471. The predicted molar refractivity (Wildman–Crippen MR) is 86.3 cm³/mol. The lowest BCUT2D eigenvalue weighted by atomic mass is 9.97. The lowest BCUT2D eigenvalue weighted by Gasteiger charge is -2.27. The van der Waals surface area contributed by atoms with Crippen LogP contribution in [0.1, 0.15) is 31.0 Å². The van der Waals surface area contributed by atoms with Gasteiger partial charge in [0.05, 0.1) is 5.60 Å². The highest BCUT2D eigenvalue weighted by molar-refractivity contribution is 7.08. The zero-order valence-electron chi connectivity index (χ0n) is 12.3. The molecule has 2 unspecified atom stereocenters. The van der Waals surface area contributed by atoms with Crippen LogP contribution in [0.3, 0.4) is 0 Å². The lowest BCUT2D eigenvalue weighted by molar-refractivity contribution is 0.0533. The van der Waals surface area contributed by atoms with E-state index in [4.69, 9.17) is 0 Å². The van der Waals surface area contributed by atoms with E-state index in [1.54, 1.807) is 11.3 Å². The summed E-state index contributed by atoms with van der Waals surface area (Å²) in [5, 5.41) is 18.2. The van der Waals surface area contributed by atoms with E-state index in [1.807, 2.05) is 42.1 Å². The first-order chi connectivity index (χ1) is 10.1. The Morgan fingerprint density at radius 3 is 2.90 bits per heavy atom. The van der Waals surface area contributed by atoms with Crippen LogP contribution >= 0.6 is 11.3 Å². The van der Waals surface area contributed by atoms with Crippen molar-refractivity contribution >= 4 is 11.3 Å². The molecule has 2 N–H and O–H groups in total. The molecule has 1 fully saturated rings. The smallest absolute Gasteiger partial charge is 0.1000 e. The molecule has 2 aromatic rings. The molecular formula is C17H22N2OS. The summed E-state index contributed by atoms with van der Waals surface area (Å²) in [5.74, 6) is 0.727. The van der Waals surface area contributed by atoms with E-state index in [9.17, 15) is 5.11 Å². The number of pyridine rings is 1. The molecule has 0 saturated heterocycles. The van der Waals surface area contributed by atoms with Crippen LogP contribution in [0.4, 0.5) is 0 Å². The first-order valence-corrected chi connectivity index (χ1v) is 8.48. The number of aromatic nitrogens is 1. The molecular weight excluding hydrogens is 280 g/mol. The SMILES string of the molecule is CC(O)(CNC(Cc1ccccn1)C1CC1)c1ccsc1. The van der Waals surface area contributed by atoms with Crippen LogP contribution in [0, 0.1) is 5.92 Å². The third-order valence-electron chi connectivity index (χ3n) is 4.20. The Morgan fingerprint density at radius 2 is 2.29 bits per heavy atom. The predicted octanol–water partition coefficient (Wildman–Crippen LogP) is 2.96. The molecule has 0 aromatic carbocycles. The van der Waals surface area contributed by atoms with Gasteiger partial charge in [-0.2, -0.15) is 11.3 Å². The van der Waals surface area contributed by atoms with E-state index < -0.39 is 5.60 Å². The largest absolute Gasteiger partial charge is 0.384 e. The number of nitrogens with zero attached hydrogens (tertiary/aromatic N) is 1. The van der Waals surface area contributed by atoms with Crippen molar-refractivity contribution in [3.05, 3.63) is 52.5 Å². The van der Waals surface area contributed by atoms with Crippen LogP contribution in [0.25, 0.3) is 0 Å². The van der Waals surface area contributed by atoms with Crippen LogP contribution in [-0.4, -0.2) is 22.7 Å². The van der Waals surface area contributed by atoms with Crippen LogP contribution in [0.2, 0.25) is 0 Å². The number of hydrogen-bond acceptors (Lipinski definition) is 4. The van der Waals surface area contributed by atoms with E-state index in [1.165, 1.54) is 12.8 Å². The maximum Gasteiger partial charge on any atom is 0.1000 e. The summed E-state index contributed by atoms with van der Waals surface area (Å²) >= 11 is 1.62. The third kappa shape index (κ3) is 3.90. The molecule has 0 spiro atoms. The Labute approximate surface area is 130 Å². The average molecular weight is 302 g/mol. The molecule has 3 nitrogen and oxygen atoms in total. The highest BCUT2D eigenvalue weighted by Gasteiger charge is 2.33. The maximum absolute atomic E-state index is 10.6. The molecule has 1 aliphatic carbocycles. The molecule has 0 aliphatic heterocycles. The van der Waals surface area contributed by atoms with Crippen LogP contribution in [0.15, 0.2) is 41.2 Å². The van der Waals surface area contributed by atoms with E-state index >= 15 is 0 Å².